The van der Waals surface area contributed by atoms with Crippen molar-refractivity contribution in [3.63, 3.8) is 0 Å². The highest BCUT2D eigenvalue weighted by Gasteiger charge is 2.31. The maximum atomic E-state index is 12.0. The molecule has 0 aliphatic heterocycles. The summed E-state index contributed by atoms with van der Waals surface area (Å²) in [4.78, 5) is 3.30. The van der Waals surface area contributed by atoms with E-state index < -0.39 is 11.9 Å². The first-order valence-corrected chi connectivity index (χ1v) is 3.71. The number of hydrogen-bond donors (Lipinski definition) is 1. The fourth-order valence-corrected chi connectivity index (χ4v) is 0.901. The van der Waals surface area contributed by atoms with E-state index in [0.29, 0.717) is 6.54 Å². The Hall–Kier alpha value is -0.810. The number of nitrogens with zero attached hydrogens (tertiary/aromatic N) is 1. The smallest absolute Gasteiger partial charge is 0.316 e. The van der Waals surface area contributed by atoms with Crippen molar-refractivity contribution in [3.05, 3.63) is 29.6 Å². The Morgan fingerprint density at radius 1 is 1.36 bits per heavy atom. The average Bonchev–Trinajstić information content (AvgIpc) is 2.04. The molecule has 0 aliphatic rings. The van der Waals surface area contributed by atoms with Gasteiger partial charge in [-0.25, -0.2) is 0 Å². The highest BCUT2D eigenvalue weighted by Crippen LogP contribution is 2.26. The maximum Gasteiger partial charge on any atom is 0.433 e. The standard InChI is InChI=1S/C8H9F3N2.ClH/c1-12-4-6-2-3-7(13-5-6)8(9,10)11;/h2-3,5,12H,4H2,1H3;1H. The Labute approximate surface area is 85.9 Å². The van der Waals surface area contributed by atoms with Gasteiger partial charge in [0.1, 0.15) is 5.69 Å². The third-order valence-electron chi connectivity index (χ3n) is 1.50. The molecule has 6 heteroatoms. The van der Waals surface area contributed by atoms with Crippen LogP contribution in [-0.2, 0) is 12.7 Å². The molecule has 0 saturated carbocycles. The van der Waals surface area contributed by atoms with Crippen LogP contribution in [0.15, 0.2) is 18.3 Å². The number of halogens is 4. The van der Waals surface area contributed by atoms with Crippen LogP contribution in [0.4, 0.5) is 13.2 Å². The lowest BCUT2D eigenvalue weighted by molar-refractivity contribution is -0.141. The molecule has 0 aromatic carbocycles. The van der Waals surface area contributed by atoms with E-state index in [2.05, 4.69) is 10.3 Å². The van der Waals surface area contributed by atoms with Crippen molar-refractivity contribution < 1.29 is 13.2 Å². The molecule has 1 heterocycles. The van der Waals surface area contributed by atoms with E-state index in [9.17, 15) is 13.2 Å². The first-order chi connectivity index (χ1) is 6.04. The van der Waals surface area contributed by atoms with E-state index in [4.69, 9.17) is 0 Å². The Bertz CT molecular complexity index is 271. The van der Waals surface area contributed by atoms with E-state index >= 15 is 0 Å². The van der Waals surface area contributed by atoms with Crippen molar-refractivity contribution in [2.24, 2.45) is 0 Å². The van der Waals surface area contributed by atoms with Gasteiger partial charge in [-0.3, -0.25) is 4.98 Å². The zero-order valence-corrected chi connectivity index (χ0v) is 8.25. The van der Waals surface area contributed by atoms with Gasteiger partial charge in [-0.1, -0.05) is 6.07 Å². The molecule has 1 aromatic heterocycles. The Morgan fingerprint density at radius 3 is 2.36 bits per heavy atom. The van der Waals surface area contributed by atoms with Gasteiger partial charge in [0.2, 0.25) is 0 Å². The summed E-state index contributed by atoms with van der Waals surface area (Å²) in [6, 6.07) is 2.39. The van der Waals surface area contributed by atoms with Crippen LogP contribution in [0.1, 0.15) is 11.3 Å². The summed E-state index contributed by atoms with van der Waals surface area (Å²) >= 11 is 0. The SMILES string of the molecule is CNCc1ccc(C(F)(F)F)nc1.Cl. The van der Waals surface area contributed by atoms with Gasteiger partial charge < -0.3 is 5.32 Å². The maximum absolute atomic E-state index is 12.0. The Balaban J connectivity index is 0.00000169. The molecule has 0 atom stereocenters. The molecule has 1 N–H and O–H groups in total. The van der Waals surface area contributed by atoms with Crippen LogP contribution in [0.3, 0.4) is 0 Å². The van der Waals surface area contributed by atoms with Crippen molar-refractivity contribution in [2.45, 2.75) is 12.7 Å². The zero-order chi connectivity index (χ0) is 9.90. The van der Waals surface area contributed by atoms with Gasteiger partial charge in [-0.2, -0.15) is 13.2 Å². The van der Waals surface area contributed by atoms with Gasteiger partial charge in [0.15, 0.2) is 0 Å². The number of alkyl halides is 3. The van der Waals surface area contributed by atoms with Crippen LogP contribution >= 0.6 is 12.4 Å². The van der Waals surface area contributed by atoms with Gasteiger partial charge in [-0.15, -0.1) is 12.4 Å². The molecular formula is C8H10ClF3N2. The van der Waals surface area contributed by atoms with Crippen LogP contribution < -0.4 is 5.32 Å². The molecule has 0 amide bonds. The summed E-state index contributed by atoms with van der Waals surface area (Å²) in [6.07, 6.45) is -3.13. The van der Waals surface area contributed by atoms with Crippen molar-refractivity contribution in [1.29, 1.82) is 0 Å². The molecule has 0 aliphatic carbocycles. The molecule has 14 heavy (non-hydrogen) atoms. The number of nitrogens with one attached hydrogen (secondary N) is 1. The van der Waals surface area contributed by atoms with Crippen molar-refractivity contribution >= 4 is 12.4 Å². The van der Waals surface area contributed by atoms with Gasteiger partial charge in [0.25, 0.3) is 0 Å². The lowest BCUT2D eigenvalue weighted by Crippen LogP contribution is -2.10. The second-order valence-corrected chi connectivity index (χ2v) is 2.58. The number of aromatic nitrogens is 1. The van der Waals surface area contributed by atoms with Crippen LogP contribution in [-0.4, -0.2) is 12.0 Å². The van der Waals surface area contributed by atoms with E-state index in [1.165, 1.54) is 12.3 Å². The third-order valence-corrected chi connectivity index (χ3v) is 1.50. The van der Waals surface area contributed by atoms with E-state index in [0.717, 1.165) is 11.6 Å². The first-order valence-electron chi connectivity index (χ1n) is 3.71. The summed E-state index contributed by atoms with van der Waals surface area (Å²) in [5.74, 6) is 0. The minimum absolute atomic E-state index is 0. The molecule has 0 saturated heterocycles. The Morgan fingerprint density at radius 2 is 2.00 bits per heavy atom. The van der Waals surface area contributed by atoms with Gasteiger partial charge in [0.05, 0.1) is 0 Å². The first kappa shape index (κ1) is 13.2. The second kappa shape index (κ2) is 5.17. The Kier molecular flexibility index (Phi) is 4.87. The van der Waals surface area contributed by atoms with E-state index in [1.54, 1.807) is 7.05 Å². The quantitative estimate of drug-likeness (QED) is 0.837. The number of hydrogen-bond acceptors (Lipinski definition) is 2. The lowest BCUT2D eigenvalue weighted by Gasteiger charge is -2.05. The number of pyridine rings is 1. The highest BCUT2D eigenvalue weighted by molar-refractivity contribution is 5.85. The summed E-state index contributed by atoms with van der Waals surface area (Å²) < 4.78 is 36.1. The molecule has 2 nitrogen and oxygen atoms in total. The van der Waals surface area contributed by atoms with Crippen LogP contribution in [0, 0.1) is 0 Å². The predicted octanol–water partition coefficient (Wildman–Crippen LogP) is 2.24. The molecular weight excluding hydrogens is 217 g/mol. The largest absolute Gasteiger partial charge is 0.433 e. The van der Waals surface area contributed by atoms with Crippen molar-refractivity contribution in [2.75, 3.05) is 7.05 Å². The fraction of sp³-hybridized carbons (Fsp3) is 0.375. The van der Waals surface area contributed by atoms with Gasteiger partial charge in [-0.05, 0) is 18.7 Å². The minimum atomic E-state index is -4.35. The summed E-state index contributed by atoms with van der Waals surface area (Å²) in [5, 5.41) is 2.82. The van der Waals surface area contributed by atoms with Gasteiger partial charge in [0, 0.05) is 12.7 Å². The van der Waals surface area contributed by atoms with Crippen LogP contribution in [0.25, 0.3) is 0 Å². The molecule has 1 aromatic rings. The van der Waals surface area contributed by atoms with Crippen LogP contribution in [0.5, 0.6) is 0 Å². The van der Waals surface area contributed by atoms with Crippen LogP contribution in [0.2, 0.25) is 0 Å². The summed E-state index contributed by atoms with van der Waals surface area (Å²) in [6.45, 7) is 0.519. The topological polar surface area (TPSA) is 24.9 Å². The average molecular weight is 227 g/mol. The fourth-order valence-electron chi connectivity index (χ4n) is 0.901. The lowest BCUT2D eigenvalue weighted by atomic mass is 10.2. The molecule has 0 fully saturated rings. The van der Waals surface area contributed by atoms with E-state index in [-0.39, 0.29) is 12.4 Å². The number of rotatable bonds is 2. The second-order valence-electron chi connectivity index (χ2n) is 2.58. The molecule has 1 rings (SSSR count). The van der Waals surface area contributed by atoms with Crippen molar-refractivity contribution in [1.82, 2.24) is 10.3 Å². The predicted molar refractivity (Wildman–Crippen MR) is 49.3 cm³/mol. The monoisotopic (exact) mass is 226 g/mol. The van der Waals surface area contributed by atoms with E-state index in [1.807, 2.05) is 0 Å². The zero-order valence-electron chi connectivity index (χ0n) is 7.43. The normalized spacial score (nSPS) is 10.9. The molecule has 0 spiro atoms. The molecule has 80 valence electrons. The third kappa shape index (κ3) is 3.51. The summed E-state index contributed by atoms with van der Waals surface area (Å²) in [7, 11) is 1.72. The minimum Gasteiger partial charge on any atom is -0.316 e. The molecule has 0 bridgehead atoms. The van der Waals surface area contributed by atoms with Gasteiger partial charge >= 0.3 is 6.18 Å². The summed E-state index contributed by atoms with van der Waals surface area (Å²) in [5.41, 5.74) is -0.122. The molecule has 0 radical (unpaired) electrons. The van der Waals surface area contributed by atoms with Crippen molar-refractivity contribution in [3.8, 4) is 0 Å². The highest BCUT2D eigenvalue weighted by atomic mass is 35.5. The molecule has 0 unspecified atom stereocenters.